The summed E-state index contributed by atoms with van der Waals surface area (Å²) >= 11 is 3.35. The number of benzene rings is 3. The third-order valence-corrected chi connectivity index (χ3v) is 4.81. The smallest absolute Gasteiger partial charge is 0.266 e. The van der Waals surface area contributed by atoms with Gasteiger partial charge in [0, 0.05) is 10.2 Å². The zero-order chi connectivity index (χ0) is 22.1. The van der Waals surface area contributed by atoms with Gasteiger partial charge in [-0.05, 0) is 60.5 Å². The van der Waals surface area contributed by atoms with Crippen molar-refractivity contribution >= 4 is 33.6 Å². The number of amides is 1. The van der Waals surface area contributed by atoms with E-state index in [9.17, 15) is 10.1 Å². The molecule has 0 fully saturated rings. The summed E-state index contributed by atoms with van der Waals surface area (Å²) in [7, 11) is 0. The highest BCUT2D eigenvalue weighted by molar-refractivity contribution is 9.10. The van der Waals surface area contributed by atoms with Crippen LogP contribution in [0.4, 0.5) is 5.69 Å². The second-order valence-corrected chi connectivity index (χ2v) is 7.46. The van der Waals surface area contributed by atoms with E-state index in [0.29, 0.717) is 36.0 Å². The molecule has 6 heteroatoms. The molecule has 0 aliphatic rings. The van der Waals surface area contributed by atoms with Gasteiger partial charge >= 0.3 is 0 Å². The van der Waals surface area contributed by atoms with Crippen LogP contribution < -0.4 is 14.8 Å². The van der Waals surface area contributed by atoms with Crippen molar-refractivity contribution in [3.63, 3.8) is 0 Å². The molecule has 3 rings (SSSR count). The first-order valence-corrected chi connectivity index (χ1v) is 10.5. The van der Waals surface area contributed by atoms with Gasteiger partial charge in [-0.1, -0.05) is 52.3 Å². The van der Waals surface area contributed by atoms with E-state index >= 15 is 0 Å². The van der Waals surface area contributed by atoms with Crippen LogP contribution in [-0.4, -0.2) is 12.5 Å². The zero-order valence-electron chi connectivity index (χ0n) is 17.0. The number of carbonyl (C=O) groups excluding carboxylic acids is 1. The summed E-state index contributed by atoms with van der Waals surface area (Å²) in [5.74, 6) is 0.672. The average molecular weight is 477 g/mol. The number of nitrogens with one attached hydrogen (secondary N) is 1. The first kappa shape index (κ1) is 22.1. The minimum atomic E-state index is -0.479. The van der Waals surface area contributed by atoms with E-state index in [1.54, 1.807) is 30.3 Å². The van der Waals surface area contributed by atoms with Gasteiger partial charge in [0.2, 0.25) is 0 Å². The second-order valence-electron chi connectivity index (χ2n) is 6.54. The molecular weight excluding hydrogens is 456 g/mol. The van der Waals surface area contributed by atoms with E-state index in [1.807, 2.05) is 55.5 Å². The first-order chi connectivity index (χ1) is 15.1. The highest BCUT2D eigenvalue weighted by atomic mass is 79.9. The van der Waals surface area contributed by atoms with Crippen LogP contribution in [-0.2, 0) is 11.4 Å². The minimum absolute atomic E-state index is 0.0108. The third kappa shape index (κ3) is 6.46. The Labute approximate surface area is 190 Å². The van der Waals surface area contributed by atoms with Crippen LogP contribution in [0.1, 0.15) is 18.1 Å². The Morgan fingerprint density at radius 1 is 1.03 bits per heavy atom. The van der Waals surface area contributed by atoms with Gasteiger partial charge < -0.3 is 14.8 Å². The molecule has 0 bridgehead atoms. The lowest BCUT2D eigenvalue weighted by Crippen LogP contribution is -2.13. The number of hydrogen-bond acceptors (Lipinski definition) is 4. The molecule has 5 nitrogen and oxygen atoms in total. The van der Waals surface area contributed by atoms with Crippen molar-refractivity contribution in [3.05, 3.63) is 94.0 Å². The molecular formula is C25H21BrN2O3. The summed E-state index contributed by atoms with van der Waals surface area (Å²) in [5.41, 5.74) is 2.31. The van der Waals surface area contributed by atoms with Crippen LogP contribution in [0.15, 0.2) is 82.8 Å². The first-order valence-electron chi connectivity index (χ1n) is 9.71. The molecule has 0 aliphatic carbocycles. The highest BCUT2D eigenvalue weighted by Gasteiger charge is 2.12. The van der Waals surface area contributed by atoms with E-state index < -0.39 is 5.91 Å². The van der Waals surface area contributed by atoms with E-state index in [4.69, 9.17) is 9.47 Å². The molecule has 31 heavy (non-hydrogen) atoms. The predicted molar refractivity (Wildman–Crippen MR) is 125 cm³/mol. The SMILES string of the molecule is CCOc1cc(/C=C(/C#N)C(=O)Nc2ccc(Br)cc2)ccc1OCc1ccccc1. The fourth-order valence-corrected chi connectivity index (χ4v) is 3.05. The van der Waals surface area contributed by atoms with Gasteiger partial charge in [-0.2, -0.15) is 5.26 Å². The topological polar surface area (TPSA) is 71.3 Å². The molecule has 0 atom stereocenters. The Hall–Kier alpha value is -3.56. The van der Waals surface area contributed by atoms with Crippen molar-refractivity contribution in [3.8, 4) is 17.6 Å². The monoisotopic (exact) mass is 476 g/mol. The number of nitrogens with zero attached hydrogens (tertiary/aromatic N) is 1. The predicted octanol–water partition coefficient (Wildman–Crippen LogP) is 5.97. The maximum absolute atomic E-state index is 12.5. The molecule has 0 heterocycles. The molecule has 3 aromatic carbocycles. The average Bonchev–Trinajstić information content (AvgIpc) is 2.79. The molecule has 3 aromatic rings. The van der Waals surface area contributed by atoms with Crippen LogP contribution in [0.3, 0.4) is 0 Å². The Kier molecular flexibility index (Phi) is 7.85. The Morgan fingerprint density at radius 2 is 1.77 bits per heavy atom. The minimum Gasteiger partial charge on any atom is -0.490 e. The molecule has 1 N–H and O–H groups in total. The summed E-state index contributed by atoms with van der Waals surface area (Å²) in [5, 5.41) is 12.2. The quantitative estimate of drug-likeness (QED) is 0.321. The van der Waals surface area contributed by atoms with Crippen molar-refractivity contribution in [1.82, 2.24) is 0 Å². The molecule has 0 radical (unpaired) electrons. The summed E-state index contributed by atoms with van der Waals surface area (Å²) in [6.45, 7) is 2.76. The van der Waals surface area contributed by atoms with Crippen molar-refractivity contribution in [2.24, 2.45) is 0 Å². The lowest BCUT2D eigenvalue weighted by molar-refractivity contribution is -0.112. The molecule has 156 valence electrons. The fourth-order valence-electron chi connectivity index (χ4n) is 2.78. The van der Waals surface area contributed by atoms with Gasteiger partial charge in [0.25, 0.3) is 5.91 Å². The number of nitriles is 1. The molecule has 0 saturated heterocycles. The summed E-state index contributed by atoms with van der Waals surface area (Å²) < 4.78 is 12.5. The second kappa shape index (κ2) is 11.0. The van der Waals surface area contributed by atoms with Crippen LogP contribution in [0.5, 0.6) is 11.5 Å². The van der Waals surface area contributed by atoms with Gasteiger partial charge in [-0.3, -0.25) is 4.79 Å². The number of anilines is 1. The number of halogens is 1. The maximum Gasteiger partial charge on any atom is 0.266 e. The molecule has 0 saturated carbocycles. The van der Waals surface area contributed by atoms with Crippen molar-refractivity contribution in [2.45, 2.75) is 13.5 Å². The number of rotatable bonds is 8. The summed E-state index contributed by atoms with van der Waals surface area (Å²) in [6.07, 6.45) is 1.53. The molecule has 0 aliphatic heterocycles. The zero-order valence-corrected chi connectivity index (χ0v) is 18.6. The van der Waals surface area contributed by atoms with Crippen molar-refractivity contribution in [1.29, 1.82) is 5.26 Å². The highest BCUT2D eigenvalue weighted by Crippen LogP contribution is 2.30. The van der Waals surface area contributed by atoms with Crippen LogP contribution in [0.25, 0.3) is 6.08 Å². The maximum atomic E-state index is 12.5. The largest absolute Gasteiger partial charge is 0.490 e. The fraction of sp³-hybridized carbons (Fsp3) is 0.120. The molecule has 1 amide bonds. The number of hydrogen-bond donors (Lipinski definition) is 1. The van der Waals surface area contributed by atoms with E-state index in [0.717, 1.165) is 10.0 Å². The van der Waals surface area contributed by atoms with Gasteiger partial charge in [0.15, 0.2) is 11.5 Å². The number of carbonyl (C=O) groups is 1. The van der Waals surface area contributed by atoms with Gasteiger partial charge in [0.05, 0.1) is 6.61 Å². The van der Waals surface area contributed by atoms with Gasteiger partial charge in [0.1, 0.15) is 18.2 Å². The standard InChI is InChI=1S/C25H21BrN2O3/c1-2-30-24-15-19(8-13-23(24)31-17-18-6-4-3-5-7-18)14-20(16-27)25(29)28-22-11-9-21(26)10-12-22/h3-15H,2,17H2,1H3,(H,28,29)/b20-14-. The number of ether oxygens (including phenoxy) is 2. The third-order valence-electron chi connectivity index (χ3n) is 4.28. The van der Waals surface area contributed by atoms with Crippen LogP contribution >= 0.6 is 15.9 Å². The molecule has 0 unspecified atom stereocenters. The van der Waals surface area contributed by atoms with Crippen LogP contribution in [0, 0.1) is 11.3 Å². The Balaban J connectivity index is 1.77. The summed E-state index contributed by atoms with van der Waals surface area (Å²) in [6, 6.07) is 24.3. The summed E-state index contributed by atoms with van der Waals surface area (Å²) in [4.78, 5) is 12.5. The van der Waals surface area contributed by atoms with E-state index in [1.165, 1.54) is 6.08 Å². The van der Waals surface area contributed by atoms with Gasteiger partial charge in [-0.25, -0.2) is 0 Å². The van der Waals surface area contributed by atoms with E-state index in [2.05, 4.69) is 21.2 Å². The lowest BCUT2D eigenvalue weighted by Gasteiger charge is -2.13. The van der Waals surface area contributed by atoms with Crippen molar-refractivity contribution < 1.29 is 14.3 Å². The lowest BCUT2D eigenvalue weighted by atomic mass is 10.1. The van der Waals surface area contributed by atoms with Gasteiger partial charge in [-0.15, -0.1) is 0 Å². The Bertz CT molecular complexity index is 1100. The molecule has 0 aromatic heterocycles. The normalized spacial score (nSPS) is 10.8. The molecule has 0 spiro atoms. The van der Waals surface area contributed by atoms with E-state index in [-0.39, 0.29) is 5.57 Å². The van der Waals surface area contributed by atoms with Crippen LogP contribution in [0.2, 0.25) is 0 Å². The Morgan fingerprint density at radius 3 is 2.45 bits per heavy atom. The van der Waals surface area contributed by atoms with Crippen molar-refractivity contribution in [2.75, 3.05) is 11.9 Å².